The van der Waals surface area contributed by atoms with Crippen molar-refractivity contribution in [3.63, 3.8) is 0 Å². The third-order valence-corrected chi connectivity index (χ3v) is 4.57. The molecule has 3 rings (SSSR count). The summed E-state index contributed by atoms with van der Waals surface area (Å²) in [4.78, 5) is 2.49. The molecule has 0 aromatic heterocycles. The summed E-state index contributed by atoms with van der Waals surface area (Å²) < 4.78 is 27.2. The molecular weight excluding hydrogens is 274 g/mol. The monoisotopic (exact) mass is 296 g/mol. The van der Waals surface area contributed by atoms with E-state index in [0.717, 1.165) is 19.0 Å². The van der Waals surface area contributed by atoms with Crippen LogP contribution in [0, 0.1) is 11.6 Å². The molecule has 21 heavy (non-hydrogen) atoms. The van der Waals surface area contributed by atoms with Crippen molar-refractivity contribution in [2.75, 3.05) is 13.1 Å². The Morgan fingerprint density at radius 1 is 1.33 bits per heavy atom. The van der Waals surface area contributed by atoms with Crippen molar-refractivity contribution in [3.8, 4) is 0 Å². The molecule has 1 aromatic rings. The van der Waals surface area contributed by atoms with Crippen LogP contribution >= 0.6 is 0 Å². The van der Waals surface area contributed by atoms with Gasteiger partial charge in [0.1, 0.15) is 11.6 Å². The Labute approximate surface area is 124 Å². The molecule has 0 spiro atoms. The summed E-state index contributed by atoms with van der Waals surface area (Å²) in [5.41, 5.74) is -0.241. The van der Waals surface area contributed by atoms with Gasteiger partial charge < -0.3 is 10.4 Å². The molecule has 1 aromatic carbocycles. The summed E-state index contributed by atoms with van der Waals surface area (Å²) in [5, 5.41) is 13.3. The standard InChI is InChI=1S/C16H22F2N2O/c1-10-7-11(9-20(10)12-5-6-12)19-8-15(21)16-13(17)3-2-4-14(16)18/h2-4,10-12,15,19,21H,5-9H2,1H3. The van der Waals surface area contributed by atoms with Crippen LogP contribution in [0.1, 0.15) is 37.9 Å². The van der Waals surface area contributed by atoms with E-state index < -0.39 is 17.7 Å². The number of benzene rings is 1. The Morgan fingerprint density at radius 2 is 2.00 bits per heavy atom. The van der Waals surface area contributed by atoms with Crippen LogP contribution in [0.3, 0.4) is 0 Å². The summed E-state index contributed by atoms with van der Waals surface area (Å²) >= 11 is 0. The first kappa shape index (κ1) is 14.9. The predicted molar refractivity (Wildman–Crippen MR) is 76.9 cm³/mol. The average Bonchev–Trinajstić information content (AvgIpc) is 3.20. The lowest BCUT2D eigenvalue weighted by atomic mass is 10.1. The molecule has 3 atom stereocenters. The highest BCUT2D eigenvalue weighted by Gasteiger charge is 2.38. The number of aliphatic hydroxyl groups is 1. The van der Waals surface area contributed by atoms with E-state index in [1.165, 1.54) is 31.0 Å². The molecule has 1 aliphatic carbocycles. The smallest absolute Gasteiger partial charge is 0.131 e. The van der Waals surface area contributed by atoms with Crippen LogP contribution in [0.4, 0.5) is 8.78 Å². The zero-order valence-corrected chi connectivity index (χ0v) is 12.2. The molecule has 0 bridgehead atoms. The second-order valence-corrected chi connectivity index (χ2v) is 6.27. The SMILES string of the molecule is CC1CC(NCC(O)c2c(F)cccc2F)CN1C1CC1. The fourth-order valence-corrected chi connectivity index (χ4v) is 3.33. The Morgan fingerprint density at radius 3 is 2.62 bits per heavy atom. The van der Waals surface area contributed by atoms with Gasteiger partial charge in [0.2, 0.25) is 0 Å². The molecule has 116 valence electrons. The Balaban J connectivity index is 1.55. The highest BCUT2D eigenvalue weighted by Crippen LogP contribution is 2.33. The molecule has 5 heteroatoms. The Hall–Kier alpha value is -1.04. The van der Waals surface area contributed by atoms with Gasteiger partial charge >= 0.3 is 0 Å². The van der Waals surface area contributed by atoms with Crippen LogP contribution in [0.2, 0.25) is 0 Å². The van der Waals surface area contributed by atoms with Gasteiger partial charge in [-0.05, 0) is 38.3 Å². The number of nitrogens with one attached hydrogen (secondary N) is 1. The van der Waals surface area contributed by atoms with Gasteiger partial charge in [0.05, 0.1) is 11.7 Å². The second-order valence-electron chi connectivity index (χ2n) is 6.27. The molecule has 1 saturated carbocycles. The van der Waals surface area contributed by atoms with Crippen LogP contribution < -0.4 is 5.32 Å². The average molecular weight is 296 g/mol. The van der Waals surface area contributed by atoms with E-state index in [2.05, 4.69) is 17.1 Å². The van der Waals surface area contributed by atoms with Gasteiger partial charge in [0.25, 0.3) is 0 Å². The van der Waals surface area contributed by atoms with E-state index in [9.17, 15) is 13.9 Å². The van der Waals surface area contributed by atoms with Gasteiger partial charge in [0.15, 0.2) is 0 Å². The number of rotatable bonds is 5. The number of likely N-dealkylation sites (tertiary alicyclic amines) is 1. The molecule has 3 unspecified atom stereocenters. The molecule has 3 nitrogen and oxygen atoms in total. The van der Waals surface area contributed by atoms with Gasteiger partial charge in [-0.1, -0.05) is 6.07 Å². The summed E-state index contributed by atoms with van der Waals surface area (Å²) in [6.07, 6.45) is 2.42. The number of halogens is 2. The molecular formula is C16H22F2N2O. The Kier molecular flexibility index (Phi) is 4.24. The normalized spacial score (nSPS) is 28.0. The maximum atomic E-state index is 13.6. The quantitative estimate of drug-likeness (QED) is 0.874. The number of hydrogen-bond acceptors (Lipinski definition) is 3. The van der Waals surface area contributed by atoms with Gasteiger partial charge in [-0.25, -0.2) is 8.78 Å². The van der Waals surface area contributed by atoms with E-state index in [0.29, 0.717) is 6.04 Å². The van der Waals surface area contributed by atoms with Crippen molar-refractivity contribution in [1.29, 1.82) is 0 Å². The maximum absolute atomic E-state index is 13.6. The predicted octanol–water partition coefficient (Wildman–Crippen LogP) is 2.21. The third kappa shape index (κ3) is 3.25. The van der Waals surface area contributed by atoms with Gasteiger partial charge in [0, 0.05) is 31.2 Å². The van der Waals surface area contributed by atoms with E-state index in [4.69, 9.17) is 0 Å². The lowest BCUT2D eigenvalue weighted by Gasteiger charge is -2.20. The van der Waals surface area contributed by atoms with E-state index in [1.54, 1.807) is 0 Å². The largest absolute Gasteiger partial charge is 0.387 e. The fraction of sp³-hybridized carbons (Fsp3) is 0.625. The molecule has 1 aliphatic heterocycles. The highest BCUT2D eigenvalue weighted by molar-refractivity contribution is 5.22. The molecule has 0 amide bonds. The van der Waals surface area contributed by atoms with Crippen molar-refractivity contribution < 1.29 is 13.9 Å². The molecule has 2 N–H and O–H groups in total. The first-order valence-electron chi connectivity index (χ1n) is 7.67. The summed E-state index contributed by atoms with van der Waals surface area (Å²) in [6.45, 7) is 3.35. The van der Waals surface area contributed by atoms with E-state index in [1.807, 2.05) is 0 Å². The highest BCUT2D eigenvalue weighted by atomic mass is 19.1. The first-order chi connectivity index (χ1) is 10.1. The Bertz CT molecular complexity index is 487. The number of aliphatic hydroxyl groups excluding tert-OH is 1. The van der Waals surface area contributed by atoms with Crippen LogP contribution in [0.15, 0.2) is 18.2 Å². The van der Waals surface area contributed by atoms with Crippen molar-refractivity contribution in [2.45, 2.75) is 50.4 Å². The molecule has 2 fully saturated rings. The minimum Gasteiger partial charge on any atom is -0.387 e. The van der Waals surface area contributed by atoms with Crippen LogP contribution in [0.5, 0.6) is 0 Å². The van der Waals surface area contributed by atoms with Gasteiger partial charge in [-0.2, -0.15) is 0 Å². The third-order valence-electron chi connectivity index (χ3n) is 4.57. The van der Waals surface area contributed by atoms with Crippen LogP contribution in [-0.4, -0.2) is 41.2 Å². The summed E-state index contributed by atoms with van der Waals surface area (Å²) in [5.74, 6) is -1.38. The minimum atomic E-state index is -1.16. The van der Waals surface area contributed by atoms with Crippen molar-refractivity contribution in [2.24, 2.45) is 0 Å². The molecule has 2 aliphatic rings. The van der Waals surface area contributed by atoms with Crippen LogP contribution in [0.25, 0.3) is 0 Å². The van der Waals surface area contributed by atoms with Gasteiger partial charge in [-0.3, -0.25) is 4.90 Å². The van der Waals surface area contributed by atoms with E-state index >= 15 is 0 Å². The lowest BCUT2D eigenvalue weighted by Crippen LogP contribution is -2.36. The summed E-state index contributed by atoms with van der Waals surface area (Å²) in [6, 6.07) is 5.20. The fourth-order valence-electron chi connectivity index (χ4n) is 3.33. The molecule has 0 radical (unpaired) electrons. The second kappa shape index (κ2) is 5.99. The number of nitrogens with zero attached hydrogens (tertiary/aromatic N) is 1. The zero-order chi connectivity index (χ0) is 15.0. The number of hydrogen-bond donors (Lipinski definition) is 2. The van der Waals surface area contributed by atoms with Gasteiger partial charge in [-0.15, -0.1) is 0 Å². The topological polar surface area (TPSA) is 35.5 Å². The summed E-state index contributed by atoms with van der Waals surface area (Å²) in [7, 11) is 0. The van der Waals surface area contributed by atoms with Crippen molar-refractivity contribution in [3.05, 3.63) is 35.4 Å². The maximum Gasteiger partial charge on any atom is 0.131 e. The molecule has 1 heterocycles. The lowest BCUT2D eigenvalue weighted by molar-refractivity contribution is 0.160. The molecule has 1 saturated heterocycles. The van der Waals surface area contributed by atoms with E-state index in [-0.39, 0.29) is 18.2 Å². The minimum absolute atomic E-state index is 0.174. The van der Waals surface area contributed by atoms with Crippen molar-refractivity contribution in [1.82, 2.24) is 10.2 Å². The first-order valence-corrected chi connectivity index (χ1v) is 7.67. The zero-order valence-electron chi connectivity index (χ0n) is 12.2. The van der Waals surface area contributed by atoms with Crippen molar-refractivity contribution >= 4 is 0 Å². The van der Waals surface area contributed by atoms with Crippen LogP contribution in [-0.2, 0) is 0 Å².